The van der Waals surface area contributed by atoms with Gasteiger partial charge in [-0.15, -0.1) is 11.3 Å². The van der Waals surface area contributed by atoms with E-state index in [9.17, 15) is 14.4 Å². The van der Waals surface area contributed by atoms with E-state index in [2.05, 4.69) is 5.16 Å². The van der Waals surface area contributed by atoms with Gasteiger partial charge in [-0.05, 0) is 67.9 Å². The van der Waals surface area contributed by atoms with Crippen molar-refractivity contribution in [3.05, 3.63) is 27.5 Å². The van der Waals surface area contributed by atoms with Crippen LogP contribution in [0.2, 0.25) is 0 Å². The van der Waals surface area contributed by atoms with E-state index in [0.717, 1.165) is 15.3 Å². The number of esters is 1. The number of carbonyl (C=O) groups is 3. The maximum Gasteiger partial charge on any atom is 0.418 e. The minimum absolute atomic E-state index is 0.271. The highest BCUT2D eigenvalue weighted by Crippen LogP contribution is 2.47. The molecule has 0 saturated carbocycles. The lowest BCUT2D eigenvalue weighted by Gasteiger charge is -2.30. The molecular weight excluding hydrogens is 432 g/mol. The van der Waals surface area contributed by atoms with Crippen LogP contribution in [0.15, 0.2) is 4.52 Å². The van der Waals surface area contributed by atoms with Gasteiger partial charge in [0.2, 0.25) is 0 Å². The third-order valence-electron chi connectivity index (χ3n) is 4.92. The van der Waals surface area contributed by atoms with Gasteiger partial charge in [-0.3, -0.25) is 9.59 Å². The molecule has 2 aromatic heterocycles. The van der Waals surface area contributed by atoms with Crippen LogP contribution in [0.5, 0.6) is 0 Å². The second-order valence-corrected chi connectivity index (χ2v) is 11.2. The summed E-state index contributed by atoms with van der Waals surface area (Å²) < 4.78 is 16.7. The molecule has 0 radical (unpaired) electrons. The summed E-state index contributed by atoms with van der Waals surface area (Å²) in [4.78, 5) is 42.4. The fraction of sp³-hybridized carbons (Fsp3) is 0.565. The number of imide groups is 1. The number of aromatic nitrogens is 1. The molecule has 0 fully saturated rings. The number of nitrogens with zero attached hydrogens (tertiary/aromatic N) is 2. The number of fused-ring (bicyclic) bond motifs is 3. The molecule has 2 aromatic rings. The smallest absolute Gasteiger partial charge is 0.418 e. The topological polar surface area (TPSA) is 98.9 Å². The maximum absolute atomic E-state index is 13.8. The molecule has 174 valence electrons. The molecule has 0 N–H and O–H groups in total. The third-order valence-corrected chi connectivity index (χ3v) is 6.14. The number of amides is 2. The van der Waals surface area contributed by atoms with Gasteiger partial charge in [0.25, 0.3) is 5.91 Å². The molecule has 0 saturated heterocycles. The quantitative estimate of drug-likeness (QED) is 0.544. The summed E-state index contributed by atoms with van der Waals surface area (Å²) in [6.45, 7) is 15.9. The van der Waals surface area contributed by atoms with E-state index in [1.54, 1.807) is 48.5 Å². The molecular formula is C23H30N2O6S. The summed E-state index contributed by atoms with van der Waals surface area (Å²) in [5.74, 6) is -0.829. The molecule has 3 rings (SSSR count). The van der Waals surface area contributed by atoms with Crippen molar-refractivity contribution in [2.45, 2.75) is 86.0 Å². The number of carbonyl (C=O) groups excluding carboxylic acids is 3. The number of thiophene rings is 1. The highest BCUT2D eigenvalue weighted by molar-refractivity contribution is 7.16. The Morgan fingerprint density at radius 3 is 2.19 bits per heavy atom. The summed E-state index contributed by atoms with van der Waals surface area (Å²) in [5.41, 5.74) is 0.813. The molecule has 1 atom stereocenters. The van der Waals surface area contributed by atoms with E-state index in [1.807, 2.05) is 13.8 Å². The fourth-order valence-corrected chi connectivity index (χ4v) is 4.83. The second kappa shape index (κ2) is 8.03. The summed E-state index contributed by atoms with van der Waals surface area (Å²) in [6.07, 6.45) is -1.14. The SMILES string of the molecule is Cc1noc2c1-c1sc(C)c(C)c1C(=O)N(C(=O)OC(C)(C)C)C2CC(=O)OC(C)(C)C. The highest BCUT2D eigenvalue weighted by Gasteiger charge is 2.45. The van der Waals surface area contributed by atoms with Gasteiger partial charge in [0, 0.05) is 4.88 Å². The predicted octanol–water partition coefficient (Wildman–Crippen LogP) is 5.49. The van der Waals surface area contributed by atoms with E-state index in [4.69, 9.17) is 14.0 Å². The van der Waals surface area contributed by atoms with E-state index in [0.29, 0.717) is 21.7 Å². The van der Waals surface area contributed by atoms with Crippen LogP contribution >= 0.6 is 11.3 Å². The van der Waals surface area contributed by atoms with Gasteiger partial charge in [0.05, 0.1) is 28.1 Å². The van der Waals surface area contributed by atoms with Gasteiger partial charge < -0.3 is 14.0 Å². The van der Waals surface area contributed by atoms with Crippen LogP contribution in [0.25, 0.3) is 10.4 Å². The number of ether oxygens (including phenoxy) is 2. The van der Waals surface area contributed by atoms with Crippen molar-refractivity contribution in [3.8, 4) is 10.4 Å². The lowest BCUT2D eigenvalue weighted by atomic mass is 10.0. The maximum atomic E-state index is 13.8. The molecule has 3 heterocycles. The Morgan fingerprint density at radius 2 is 1.62 bits per heavy atom. The molecule has 1 aliphatic rings. The molecule has 1 aliphatic heterocycles. The van der Waals surface area contributed by atoms with Crippen molar-refractivity contribution in [3.63, 3.8) is 0 Å². The Kier molecular flexibility index (Phi) is 6.01. The molecule has 32 heavy (non-hydrogen) atoms. The average Bonchev–Trinajstić information content (AvgIpc) is 3.07. The predicted molar refractivity (Wildman–Crippen MR) is 120 cm³/mol. The minimum Gasteiger partial charge on any atom is -0.460 e. The zero-order valence-corrected chi connectivity index (χ0v) is 20.9. The molecule has 2 amide bonds. The first kappa shape index (κ1) is 24.0. The summed E-state index contributed by atoms with van der Waals surface area (Å²) in [5, 5.41) is 4.09. The lowest BCUT2D eigenvalue weighted by molar-refractivity contribution is -0.156. The Morgan fingerprint density at radius 1 is 1.03 bits per heavy atom. The van der Waals surface area contributed by atoms with Crippen molar-refractivity contribution >= 4 is 29.3 Å². The van der Waals surface area contributed by atoms with Gasteiger partial charge in [0.15, 0.2) is 5.76 Å². The average molecular weight is 463 g/mol. The number of rotatable bonds is 2. The monoisotopic (exact) mass is 462 g/mol. The lowest BCUT2D eigenvalue weighted by Crippen LogP contribution is -2.43. The van der Waals surface area contributed by atoms with Gasteiger partial charge in [0.1, 0.15) is 17.2 Å². The molecule has 0 spiro atoms. The fourth-order valence-electron chi connectivity index (χ4n) is 3.58. The molecule has 0 aromatic carbocycles. The van der Waals surface area contributed by atoms with E-state index in [1.165, 1.54) is 11.3 Å². The second-order valence-electron chi connectivity index (χ2n) is 9.96. The van der Waals surface area contributed by atoms with Crippen LogP contribution in [0.4, 0.5) is 4.79 Å². The molecule has 0 aliphatic carbocycles. The van der Waals surface area contributed by atoms with E-state index in [-0.39, 0.29) is 12.2 Å². The normalized spacial score (nSPS) is 16.3. The highest BCUT2D eigenvalue weighted by atomic mass is 32.1. The van der Waals surface area contributed by atoms with Crippen LogP contribution in [0, 0.1) is 20.8 Å². The minimum atomic E-state index is -1.05. The Hall–Kier alpha value is -2.68. The first-order valence-electron chi connectivity index (χ1n) is 10.5. The standard InChI is InChI=1S/C23H30N2O6S/c1-11-13(3)32-19-16(11)20(27)25(21(28)30-23(7,8)9)14(10-15(26)29-22(4,5)6)18-17(19)12(2)24-31-18/h14H,10H2,1-9H3. The van der Waals surface area contributed by atoms with Crippen LogP contribution in [0.3, 0.4) is 0 Å². The Balaban J connectivity index is 2.21. The molecule has 0 bridgehead atoms. The largest absolute Gasteiger partial charge is 0.460 e. The van der Waals surface area contributed by atoms with Crippen molar-refractivity contribution in [1.82, 2.24) is 10.1 Å². The van der Waals surface area contributed by atoms with E-state index >= 15 is 0 Å². The van der Waals surface area contributed by atoms with Crippen LogP contribution in [-0.2, 0) is 14.3 Å². The first-order chi connectivity index (χ1) is 14.6. The summed E-state index contributed by atoms with van der Waals surface area (Å²) in [6, 6.07) is -1.05. The van der Waals surface area contributed by atoms with Crippen LogP contribution in [0.1, 0.15) is 86.3 Å². The molecule has 1 unspecified atom stereocenters. The van der Waals surface area contributed by atoms with Gasteiger partial charge in [-0.25, -0.2) is 9.69 Å². The summed E-state index contributed by atoms with van der Waals surface area (Å²) >= 11 is 1.44. The van der Waals surface area contributed by atoms with Gasteiger partial charge in [-0.2, -0.15) is 0 Å². The molecule has 8 nitrogen and oxygen atoms in total. The Labute approximate surface area is 191 Å². The van der Waals surface area contributed by atoms with Crippen molar-refractivity contribution < 1.29 is 28.4 Å². The third kappa shape index (κ3) is 4.57. The van der Waals surface area contributed by atoms with Crippen molar-refractivity contribution in [2.75, 3.05) is 0 Å². The van der Waals surface area contributed by atoms with Crippen molar-refractivity contribution in [2.24, 2.45) is 0 Å². The Bertz CT molecular complexity index is 1080. The van der Waals surface area contributed by atoms with Crippen LogP contribution < -0.4 is 0 Å². The van der Waals surface area contributed by atoms with Crippen molar-refractivity contribution in [1.29, 1.82) is 0 Å². The van der Waals surface area contributed by atoms with Gasteiger partial charge in [-0.1, -0.05) is 5.16 Å². The first-order valence-corrected chi connectivity index (χ1v) is 11.3. The van der Waals surface area contributed by atoms with Crippen LogP contribution in [-0.4, -0.2) is 39.2 Å². The number of hydrogen-bond donors (Lipinski definition) is 0. The number of hydrogen-bond acceptors (Lipinski definition) is 8. The van der Waals surface area contributed by atoms with E-state index < -0.39 is 35.2 Å². The zero-order valence-electron chi connectivity index (χ0n) is 20.0. The van der Waals surface area contributed by atoms with Gasteiger partial charge >= 0.3 is 12.1 Å². The molecule has 9 heteroatoms. The zero-order chi connectivity index (χ0) is 24.2. The summed E-state index contributed by atoms with van der Waals surface area (Å²) in [7, 11) is 0. The number of aryl methyl sites for hydroxylation is 2.